The molecule has 1 saturated carbocycles. The number of amides is 1. The molecule has 0 radical (unpaired) electrons. The maximum Gasteiger partial charge on any atom is 0.236 e. The van der Waals surface area contributed by atoms with E-state index in [9.17, 15) is 4.79 Å². The van der Waals surface area contributed by atoms with Gasteiger partial charge in [-0.15, -0.1) is 0 Å². The SMILES string of the molecule is COc1cc(C2(C(=O)Nc3ncnc4[nH]c(C)c(C)c34)CC2)ccc1C. The molecule has 0 aliphatic heterocycles. The fraction of sp³-hybridized carbons (Fsp3) is 0.350. The first-order valence-electron chi connectivity index (χ1n) is 8.73. The quantitative estimate of drug-likeness (QED) is 0.754. The van der Waals surface area contributed by atoms with E-state index in [-0.39, 0.29) is 5.91 Å². The lowest BCUT2D eigenvalue weighted by atomic mass is 9.93. The average molecular weight is 350 g/mol. The number of fused-ring (bicyclic) bond motifs is 1. The number of ether oxygens (including phenoxy) is 1. The number of hydrogen-bond donors (Lipinski definition) is 2. The molecule has 0 bridgehead atoms. The number of nitrogens with zero attached hydrogens (tertiary/aromatic N) is 2. The third-order valence-electron chi connectivity index (χ3n) is 5.47. The minimum Gasteiger partial charge on any atom is -0.496 e. The largest absolute Gasteiger partial charge is 0.496 e. The maximum atomic E-state index is 13.1. The lowest BCUT2D eigenvalue weighted by Crippen LogP contribution is -2.28. The van der Waals surface area contributed by atoms with Crippen molar-refractivity contribution in [3.8, 4) is 5.75 Å². The number of rotatable bonds is 4. The molecule has 2 N–H and O–H groups in total. The molecule has 1 aliphatic rings. The van der Waals surface area contributed by atoms with Gasteiger partial charge in [-0.05, 0) is 56.4 Å². The van der Waals surface area contributed by atoms with Crippen molar-refractivity contribution in [3.05, 3.63) is 46.9 Å². The molecule has 1 aromatic carbocycles. The van der Waals surface area contributed by atoms with Crippen molar-refractivity contribution in [2.24, 2.45) is 0 Å². The van der Waals surface area contributed by atoms with Gasteiger partial charge in [-0.25, -0.2) is 9.97 Å². The molecule has 1 fully saturated rings. The van der Waals surface area contributed by atoms with Gasteiger partial charge in [-0.2, -0.15) is 0 Å². The molecule has 0 saturated heterocycles. The average Bonchev–Trinajstić information content (AvgIpc) is 3.38. The fourth-order valence-corrected chi connectivity index (χ4v) is 3.51. The summed E-state index contributed by atoms with van der Waals surface area (Å²) in [6, 6.07) is 6.00. The second-order valence-corrected chi connectivity index (χ2v) is 7.04. The summed E-state index contributed by atoms with van der Waals surface area (Å²) in [6.07, 6.45) is 3.12. The number of nitrogens with one attached hydrogen (secondary N) is 2. The van der Waals surface area contributed by atoms with E-state index in [1.807, 2.05) is 39.0 Å². The molecule has 1 amide bonds. The number of methoxy groups -OCH3 is 1. The normalized spacial score (nSPS) is 15.1. The Morgan fingerprint density at radius 1 is 1.23 bits per heavy atom. The lowest BCUT2D eigenvalue weighted by molar-refractivity contribution is -0.118. The summed E-state index contributed by atoms with van der Waals surface area (Å²) in [5.74, 6) is 1.34. The van der Waals surface area contributed by atoms with Crippen molar-refractivity contribution >= 4 is 22.8 Å². The number of aromatic amines is 1. The number of hydrogen-bond acceptors (Lipinski definition) is 4. The summed E-state index contributed by atoms with van der Waals surface area (Å²) < 4.78 is 5.43. The first kappa shape index (κ1) is 16.6. The molecule has 0 atom stereocenters. The Balaban J connectivity index is 1.69. The van der Waals surface area contributed by atoms with Crippen molar-refractivity contribution in [1.82, 2.24) is 15.0 Å². The minimum atomic E-state index is -0.502. The summed E-state index contributed by atoms with van der Waals surface area (Å²) in [6.45, 7) is 5.99. The number of anilines is 1. The van der Waals surface area contributed by atoms with Crippen LogP contribution < -0.4 is 10.1 Å². The molecule has 6 nitrogen and oxygen atoms in total. The molecule has 4 rings (SSSR count). The summed E-state index contributed by atoms with van der Waals surface area (Å²) in [7, 11) is 1.65. The van der Waals surface area contributed by atoms with Gasteiger partial charge in [0.25, 0.3) is 0 Å². The highest BCUT2D eigenvalue weighted by molar-refractivity contribution is 6.06. The summed E-state index contributed by atoms with van der Waals surface area (Å²) >= 11 is 0. The standard InChI is InChI=1S/C20H22N4O2/c1-11-5-6-14(9-15(11)26-4)20(7-8-20)19(25)24-18-16-12(2)13(3)23-17(16)21-10-22-18/h5-6,9-10H,7-8H2,1-4H3,(H2,21,22,23,24,25). The highest BCUT2D eigenvalue weighted by Gasteiger charge is 2.51. The van der Waals surface area contributed by atoms with Crippen molar-refractivity contribution < 1.29 is 9.53 Å². The van der Waals surface area contributed by atoms with E-state index in [1.165, 1.54) is 6.33 Å². The van der Waals surface area contributed by atoms with Crippen LogP contribution in [0.2, 0.25) is 0 Å². The van der Waals surface area contributed by atoms with Crippen LogP contribution in [0.4, 0.5) is 5.82 Å². The van der Waals surface area contributed by atoms with Crippen LogP contribution in [0.3, 0.4) is 0 Å². The first-order chi connectivity index (χ1) is 12.5. The summed E-state index contributed by atoms with van der Waals surface area (Å²) in [5.41, 5.74) is 4.37. The minimum absolute atomic E-state index is 0.0262. The number of aryl methyl sites for hydroxylation is 3. The smallest absolute Gasteiger partial charge is 0.236 e. The van der Waals surface area contributed by atoms with Crippen LogP contribution in [0.5, 0.6) is 5.75 Å². The van der Waals surface area contributed by atoms with Gasteiger partial charge in [0.05, 0.1) is 17.9 Å². The van der Waals surface area contributed by atoms with E-state index >= 15 is 0 Å². The lowest BCUT2D eigenvalue weighted by Gasteiger charge is -2.17. The zero-order chi connectivity index (χ0) is 18.5. The number of H-pyrrole nitrogens is 1. The molecule has 0 spiro atoms. The van der Waals surface area contributed by atoms with E-state index in [2.05, 4.69) is 20.3 Å². The number of benzene rings is 1. The van der Waals surface area contributed by atoms with Crippen molar-refractivity contribution in [2.75, 3.05) is 12.4 Å². The van der Waals surface area contributed by atoms with Gasteiger partial charge < -0.3 is 15.0 Å². The molecule has 3 aromatic rings. The molecule has 134 valence electrons. The van der Waals surface area contributed by atoms with E-state index < -0.39 is 5.41 Å². The predicted molar refractivity (Wildman–Crippen MR) is 101 cm³/mol. The Labute approximate surface area is 152 Å². The second-order valence-electron chi connectivity index (χ2n) is 7.04. The molecule has 2 aromatic heterocycles. The van der Waals surface area contributed by atoms with Crippen LogP contribution in [-0.4, -0.2) is 28.0 Å². The third-order valence-corrected chi connectivity index (χ3v) is 5.47. The molecule has 1 aliphatic carbocycles. The van der Waals surface area contributed by atoms with Gasteiger partial charge >= 0.3 is 0 Å². The molecule has 26 heavy (non-hydrogen) atoms. The Morgan fingerprint density at radius 2 is 2.00 bits per heavy atom. The van der Waals surface area contributed by atoms with Gasteiger partial charge in [0.2, 0.25) is 5.91 Å². The van der Waals surface area contributed by atoms with Crippen molar-refractivity contribution in [1.29, 1.82) is 0 Å². The molecular formula is C20H22N4O2. The zero-order valence-electron chi connectivity index (χ0n) is 15.4. The van der Waals surface area contributed by atoms with Crippen molar-refractivity contribution in [2.45, 2.75) is 39.0 Å². The number of carbonyl (C=O) groups is 1. The van der Waals surface area contributed by atoms with Crippen molar-refractivity contribution in [3.63, 3.8) is 0 Å². The van der Waals surface area contributed by atoms with Gasteiger partial charge in [-0.1, -0.05) is 12.1 Å². The Hall–Kier alpha value is -2.89. The van der Waals surface area contributed by atoms with Crippen LogP contribution in [0.25, 0.3) is 11.0 Å². The van der Waals surface area contributed by atoms with Crippen LogP contribution in [0, 0.1) is 20.8 Å². The Kier molecular flexibility index (Phi) is 3.72. The first-order valence-corrected chi connectivity index (χ1v) is 8.73. The summed E-state index contributed by atoms with van der Waals surface area (Å²) in [4.78, 5) is 24.9. The molecule has 0 unspecified atom stereocenters. The van der Waals surface area contributed by atoms with Gasteiger partial charge in [0.1, 0.15) is 23.5 Å². The van der Waals surface area contributed by atoms with Gasteiger partial charge in [0, 0.05) is 5.69 Å². The predicted octanol–water partition coefficient (Wildman–Crippen LogP) is 3.56. The molecule has 2 heterocycles. The highest BCUT2D eigenvalue weighted by atomic mass is 16.5. The highest BCUT2D eigenvalue weighted by Crippen LogP contribution is 2.50. The Bertz CT molecular complexity index is 1020. The van der Waals surface area contributed by atoms with Gasteiger partial charge in [-0.3, -0.25) is 4.79 Å². The zero-order valence-corrected chi connectivity index (χ0v) is 15.4. The number of aromatic nitrogens is 3. The second kappa shape index (κ2) is 5.83. The maximum absolute atomic E-state index is 13.1. The van der Waals surface area contributed by atoms with Gasteiger partial charge in [0.15, 0.2) is 0 Å². The van der Waals surface area contributed by atoms with E-state index in [0.717, 1.165) is 52.0 Å². The topological polar surface area (TPSA) is 79.9 Å². The van der Waals surface area contributed by atoms with Crippen LogP contribution in [0.1, 0.15) is 35.2 Å². The van der Waals surface area contributed by atoms with Crippen LogP contribution >= 0.6 is 0 Å². The Morgan fingerprint density at radius 3 is 2.69 bits per heavy atom. The molecular weight excluding hydrogens is 328 g/mol. The molecule has 6 heteroatoms. The van der Waals surface area contributed by atoms with Crippen LogP contribution in [-0.2, 0) is 10.2 Å². The monoisotopic (exact) mass is 350 g/mol. The third kappa shape index (κ3) is 2.44. The van der Waals surface area contributed by atoms with E-state index in [1.54, 1.807) is 7.11 Å². The van der Waals surface area contributed by atoms with E-state index in [4.69, 9.17) is 4.74 Å². The van der Waals surface area contributed by atoms with E-state index in [0.29, 0.717) is 5.82 Å². The van der Waals surface area contributed by atoms with Crippen LogP contribution in [0.15, 0.2) is 24.5 Å². The fourth-order valence-electron chi connectivity index (χ4n) is 3.51. The number of carbonyl (C=O) groups excluding carboxylic acids is 1. The summed E-state index contributed by atoms with van der Waals surface area (Å²) in [5, 5.41) is 3.91.